The maximum atomic E-state index is 13.5. The lowest BCUT2D eigenvalue weighted by Gasteiger charge is -2.29. The number of rotatable bonds is 11. The lowest BCUT2D eigenvalue weighted by Crippen LogP contribution is -2.53. The van der Waals surface area contributed by atoms with E-state index in [9.17, 15) is 4.79 Å². The molecule has 1 fully saturated rings. The normalized spacial score (nSPS) is 21.8. The van der Waals surface area contributed by atoms with Gasteiger partial charge in [0.05, 0.1) is 6.61 Å². The molecule has 4 rings (SSSR count). The van der Waals surface area contributed by atoms with Crippen LogP contribution in [0.5, 0.6) is 5.75 Å². The van der Waals surface area contributed by atoms with Crippen molar-refractivity contribution in [2.24, 2.45) is 4.99 Å². The summed E-state index contributed by atoms with van der Waals surface area (Å²) < 4.78 is 12.9. The molecule has 2 atom stereocenters. The average Bonchev–Trinajstić information content (AvgIpc) is 3.58. The summed E-state index contributed by atoms with van der Waals surface area (Å²) in [4.78, 5) is 18.3. The van der Waals surface area contributed by atoms with Gasteiger partial charge in [0.25, 0.3) is 5.91 Å². The van der Waals surface area contributed by atoms with E-state index in [4.69, 9.17) is 19.6 Å². The molecule has 0 unspecified atom stereocenters. The van der Waals surface area contributed by atoms with Gasteiger partial charge in [-0.15, -0.1) is 6.58 Å². The first-order valence-corrected chi connectivity index (χ1v) is 11.9. The van der Waals surface area contributed by atoms with Gasteiger partial charge in [-0.2, -0.15) is 0 Å². The fourth-order valence-electron chi connectivity index (χ4n) is 3.68. The minimum absolute atomic E-state index is 0.0865. The zero-order valence-electron chi connectivity index (χ0n) is 18.3. The highest BCUT2D eigenvalue weighted by Gasteiger charge is 2.52. The quantitative estimate of drug-likeness (QED) is 0.241. The number of hydrogen-bond acceptors (Lipinski definition) is 6. The zero-order chi connectivity index (χ0) is 23.3. The Labute approximate surface area is 202 Å². The highest BCUT2D eigenvalue weighted by atomic mass is 79.9. The van der Waals surface area contributed by atoms with Crippen LogP contribution in [0.3, 0.4) is 0 Å². The molecule has 1 aliphatic heterocycles. The second-order valence-electron chi connectivity index (χ2n) is 8.21. The summed E-state index contributed by atoms with van der Waals surface area (Å²) in [5.74, 6) is 0.841. The Morgan fingerprint density at radius 2 is 1.97 bits per heavy atom. The number of hydrazine groups is 1. The molecule has 0 radical (unpaired) electrons. The van der Waals surface area contributed by atoms with Crippen LogP contribution in [0.15, 0.2) is 70.7 Å². The fraction of sp³-hybridized carbons (Fsp3) is 0.360. The average molecular weight is 514 g/mol. The number of aliphatic hydroxyl groups excluding tert-OH is 1. The van der Waals surface area contributed by atoms with E-state index >= 15 is 0 Å². The molecule has 0 aromatic heterocycles. The number of benzene rings is 2. The Morgan fingerprint density at radius 1 is 1.24 bits per heavy atom. The zero-order valence-corrected chi connectivity index (χ0v) is 19.9. The number of carbonyl (C=O) groups excluding carboxylic acids is 1. The van der Waals surface area contributed by atoms with Gasteiger partial charge < -0.3 is 14.6 Å². The summed E-state index contributed by atoms with van der Waals surface area (Å²) in [5.41, 5.74) is 6.35. The molecular weight excluding hydrogens is 486 g/mol. The van der Waals surface area contributed by atoms with Crippen LogP contribution in [0.1, 0.15) is 42.9 Å². The van der Waals surface area contributed by atoms with Gasteiger partial charge >= 0.3 is 0 Å². The second kappa shape index (κ2) is 10.5. The SMILES string of the molecule is C=CC[C@]1(C(=O)NNC2CC2)N=C(c2ccc(OCCCO)cc2)O[C@H]1c1ccc(Br)cc1. The molecule has 0 saturated heterocycles. The van der Waals surface area contributed by atoms with E-state index in [1.807, 2.05) is 48.5 Å². The summed E-state index contributed by atoms with van der Waals surface area (Å²) in [5, 5.41) is 8.92. The molecule has 3 N–H and O–H groups in total. The number of halogens is 1. The Balaban J connectivity index is 1.64. The third-order valence-corrected chi connectivity index (χ3v) is 6.15. The van der Waals surface area contributed by atoms with Crippen molar-refractivity contribution in [2.75, 3.05) is 13.2 Å². The number of aliphatic hydroxyl groups is 1. The van der Waals surface area contributed by atoms with Gasteiger partial charge in [0, 0.05) is 35.5 Å². The molecule has 8 heteroatoms. The summed E-state index contributed by atoms with van der Waals surface area (Å²) in [6.07, 6.45) is 4.07. The van der Waals surface area contributed by atoms with E-state index in [0.29, 0.717) is 37.1 Å². The first-order valence-electron chi connectivity index (χ1n) is 11.1. The van der Waals surface area contributed by atoms with Crippen molar-refractivity contribution in [3.05, 3.63) is 76.8 Å². The minimum atomic E-state index is -1.19. The molecule has 0 spiro atoms. The van der Waals surface area contributed by atoms with Gasteiger partial charge in [-0.05, 0) is 54.8 Å². The molecule has 2 aromatic carbocycles. The van der Waals surface area contributed by atoms with E-state index in [1.165, 1.54) is 0 Å². The molecule has 33 heavy (non-hydrogen) atoms. The van der Waals surface area contributed by atoms with Crippen molar-refractivity contribution >= 4 is 27.7 Å². The fourth-order valence-corrected chi connectivity index (χ4v) is 3.94. The number of ether oxygens (including phenoxy) is 2. The summed E-state index contributed by atoms with van der Waals surface area (Å²) in [6, 6.07) is 15.4. The number of aliphatic imine (C=N–C) groups is 1. The lowest BCUT2D eigenvalue weighted by molar-refractivity contribution is -0.129. The van der Waals surface area contributed by atoms with Crippen molar-refractivity contribution in [3.63, 3.8) is 0 Å². The van der Waals surface area contributed by atoms with Crippen LogP contribution in [0.2, 0.25) is 0 Å². The monoisotopic (exact) mass is 513 g/mol. The van der Waals surface area contributed by atoms with Crippen molar-refractivity contribution < 1.29 is 19.4 Å². The topological polar surface area (TPSA) is 92.2 Å². The van der Waals surface area contributed by atoms with Gasteiger partial charge in [-0.1, -0.05) is 34.1 Å². The highest BCUT2D eigenvalue weighted by molar-refractivity contribution is 9.10. The largest absolute Gasteiger partial charge is 0.494 e. The Bertz CT molecular complexity index is 1010. The molecule has 2 aromatic rings. The predicted molar refractivity (Wildman–Crippen MR) is 130 cm³/mol. The van der Waals surface area contributed by atoms with Crippen LogP contribution in [0.25, 0.3) is 0 Å². The van der Waals surface area contributed by atoms with Crippen LogP contribution < -0.4 is 15.6 Å². The predicted octanol–water partition coefficient (Wildman–Crippen LogP) is 3.83. The Hall–Kier alpha value is -2.68. The number of hydrogen-bond donors (Lipinski definition) is 3. The van der Waals surface area contributed by atoms with E-state index in [2.05, 4.69) is 33.4 Å². The highest BCUT2D eigenvalue weighted by Crippen LogP contribution is 2.43. The molecule has 1 saturated carbocycles. The Morgan fingerprint density at radius 3 is 2.61 bits per heavy atom. The number of carbonyl (C=O) groups is 1. The molecule has 7 nitrogen and oxygen atoms in total. The number of nitrogens with one attached hydrogen (secondary N) is 2. The smallest absolute Gasteiger partial charge is 0.266 e. The first-order chi connectivity index (χ1) is 16.1. The van der Waals surface area contributed by atoms with Crippen LogP contribution in [0, 0.1) is 0 Å². The van der Waals surface area contributed by atoms with Crippen LogP contribution in [-0.4, -0.2) is 41.7 Å². The summed E-state index contributed by atoms with van der Waals surface area (Å²) in [7, 11) is 0. The van der Waals surface area contributed by atoms with Crippen LogP contribution in [0.4, 0.5) is 0 Å². The third-order valence-electron chi connectivity index (χ3n) is 5.63. The van der Waals surface area contributed by atoms with Crippen LogP contribution in [-0.2, 0) is 9.53 Å². The van der Waals surface area contributed by atoms with Crippen molar-refractivity contribution in [1.82, 2.24) is 10.9 Å². The summed E-state index contributed by atoms with van der Waals surface area (Å²) in [6.45, 7) is 4.41. The molecule has 174 valence electrons. The molecule has 1 aliphatic carbocycles. The first kappa shape index (κ1) is 23.5. The van der Waals surface area contributed by atoms with Crippen molar-refractivity contribution in [2.45, 2.75) is 43.4 Å². The van der Waals surface area contributed by atoms with Crippen molar-refractivity contribution in [3.8, 4) is 5.75 Å². The molecular formula is C25H28BrN3O4. The molecule has 1 amide bonds. The van der Waals surface area contributed by atoms with E-state index in [0.717, 1.165) is 28.4 Å². The Kier molecular flexibility index (Phi) is 7.47. The van der Waals surface area contributed by atoms with Gasteiger partial charge in [-0.25, -0.2) is 10.4 Å². The number of nitrogens with zero attached hydrogens (tertiary/aromatic N) is 1. The third kappa shape index (κ3) is 5.46. The molecule has 2 aliphatic rings. The van der Waals surface area contributed by atoms with Crippen LogP contribution >= 0.6 is 15.9 Å². The summed E-state index contributed by atoms with van der Waals surface area (Å²) >= 11 is 3.47. The second-order valence-corrected chi connectivity index (χ2v) is 9.12. The standard InChI is InChI=1S/C25H28BrN3O4/c1-2-14-25(24(31)29-28-20-10-11-20)22(17-4-8-19(26)9-5-17)33-23(27-25)18-6-12-21(13-7-18)32-16-3-15-30/h2,4-9,12-13,20,22,28,30H,1,3,10-11,14-16H2,(H,29,31)/t22-,25-/m0/s1. The van der Waals surface area contributed by atoms with E-state index < -0.39 is 11.6 Å². The molecule has 1 heterocycles. The van der Waals surface area contributed by atoms with Gasteiger partial charge in [0.2, 0.25) is 5.90 Å². The van der Waals surface area contributed by atoms with Gasteiger partial charge in [-0.3, -0.25) is 10.2 Å². The maximum absolute atomic E-state index is 13.5. The van der Waals surface area contributed by atoms with Crippen molar-refractivity contribution in [1.29, 1.82) is 0 Å². The maximum Gasteiger partial charge on any atom is 0.266 e. The minimum Gasteiger partial charge on any atom is -0.494 e. The number of amides is 1. The molecule has 0 bridgehead atoms. The lowest BCUT2D eigenvalue weighted by atomic mass is 9.84. The van der Waals surface area contributed by atoms with Gasteiger partial charge in [0.1, 0.15) is 5.75 Å². The van der Waals surface area contributed by atoms with E-state index in [-0.39, 0.29) is 12.5 Å². The van der Waals surface area contributed by atoms with E-state index in [1.54, 1.807) is 6.08 Å². The van der Waals surface area contributed by atoms with Gasteiger partial charge in [0.15, 0.2) is 11.6 Å².